The van der Waals surface area contributed by atoms with E-state index in [-0.39, 0.29) is 11.3 Å². The number of carbonyl (C=O) groups is 2. The molecule has 1 heterocycles. The summed E-state index contributed by atoms with van der Waals surface area (Å²) in [6.07, 6.45) is 0. The summed E-state index contributed by atoms with van der Waals surface area (Å²) in [5, 5.41) is 16.2. The third kappa shape index (κ3) is 4.55. The predicted octanol–water partition coefficient (Wildman–Crippen LogP) is 4.29. The minimum Gasteiger partial charge on any atom is -0.478 e. The number of carbonyl (C=O) groups excluding carboxylic acids is 1. The van der Waals surface area contributed by atoms with Gasteiger partial charge in [-0.15, -0.1) is 11.3 Å². The Hall–Kier alpha value is -1.38. The quantitative estimate of drug-likeness (QED) is 0.672. The lowest BCUT2D eigenvalue weighted by molar-refractivity contribution is 0.0698. The smallest absolute Gasteiger partial charge is 0.337 e. The molecule has 1 aromatic carbocycles. The van der Waals surface area contributed by atoms with E-state index in [4.69, 9.17) is 5.11 Å². The normalized spacial score (nSPS) is 10.2. The van der Waals surface area contributed by atoms with Gasteiger partial charge in [-0.3, -0.25) is 0 Å². The van der Waals surface area contributed by atoms with Gasteiger partial charge in [-0.05, 0) is 40.2 Å². The van der Waals surface area contributed by atoms with Gasteiger partial charge in [0.15, 0.2) is 0 Å². The van der Waals surface area contributed by atoms with E-state index in [0.717, 1.165) is 9.35 Å². The van der Waals surface area contributed by atoms with Crippen molar-refractivity contribution in [1.82, 2.24) is 5.32 Å². The molecule has 3 N–H and O–H groups in total. The van der Waals surface area contributed by atoms with Crippen LogP contribution in [-0.4, -0.2) is 17.1 Å². The van der Waals surface area contributed by atoms with Gasteiger partial charge in [0.25, 0.3) is 0 Å². The number of anilines is 1. The molecule has 0 aliphatic carbocycles. The van der Waals surface area contributed by atoms with Crippen molar-refractivity contribution < 1.29 is 14.7 Å². The summed E-state index contributed by atoms with van der Waals surface area (Å²) in [6, 6.07) is 6.03. The van der Waals surface area contributed by atoms with Crippen molar-refractivity contribution in [3.05, 3.63) is 49.0 Å². The average molecular weight is 434 g/mol. The molecule has 2 aromatic rings. The second-order valence-corrected chi connectivity index (χ2v) is 6.86. The lowest BCUT2D eigenvalue weighted by atomic mass is 10.2. The Balaban J connectivity index is 2.02. The van der Waals surface area contributed by atoms with Crippen LogP contribution in [0.1, 0.15) is 15.2 Å². The molecular formula is C13H10Br2N2O3S. The fourth-order valence-corrected chi connectivity index (χ4v) is 3.34. The second kappa shape index (κ2) is 7.06. The largest absolute Gasteiger partial charge is 0.478 e. The molecule has 0 fully saturated rings. The number of rotatable bonds is 4. The second-order valence-electron chi connectivity index (χ2n) is 4.03. The molecule has 0 aliphatic heterocycles. The van der Waals surface area contributed by atoms with E-state index >= 15 is 0 Å². The highest BCUT2D eigenvalue weighted by Crippen LogP contribution is 2.22. The Morgan fingerprint density at radius 3 is 2.57 bits per heavy atom. The van der Waals surface area contributed by atoms with Crippen LogP contribution >= 0.6 is 43.2 Å². The van der Waals surface area contributed by atoms with Gasteiger partial charge in [0.1, 0.15) is 0 Å². The first-order chi connectivity index (χ1) is 9.95. The van der Waals surface area contributed by atoms with Gasteiger partial charge < -0.3 is 15.7 Å². The van der Waals surface area contributed by atoms with Crippen molar-refractivity contribution in [2.24, 2.45) is 0 Å². The van der Waals surface area contributed by atoms with Crippen LogP contribution in [0.25, 0.3) is 0 Å². The molecule has 2 rings (SSSR count). The number of aromatic carboxylic acids is 1. The number of nitrogens with one attached hydrogen (secondary N) is 2. The Morgan fingerprint density at radius 2 is 1.95 bits per heavy atom. The van der Waals surface area contributed by atoms with Gasteiger partial charge in [0, 0.05) is 19.2 Å². The standard InChI is InChI=1S/C13H10Br2N2O3S/c14-7-1-2-10(12(18)19)11(4-7)17-13(20)16-5-9-3-8(15)6-21-9/h1-4,6H,5H2,(H,18,19)(H2,16,17,20). The Kier molecular flexibility index (Phi) is 5.38. The molecule has 0 saturated heterocycles. The summed E-state index contributed by atoms with van der Waals surface area (Å²) in [4.78, 5) is 23.9. The first-order valence-corrected chi connectivity index (χ1v) is 8.23. The summed E-state index contributed by atoms with van der Waals surface area (Å²) in [7, 11) is 0. The van der Waals surface area contributed by atoms with Crippen molar-refractivity contribution in [3.8, 4) is 0 Å². The van der Waals surface area contributed by atoms with E-state index in [1.54, 1.807) is 12.1 Å². The molecule has 1 aromatic heterocycles. The van der Waals surface area contributed by atoms with Crippen LogP contribution in [0.3, 0.4) is 0 Å². The number of benzene rings is 1. The molecule has 0 radical (unpaired) electrons. The molecule has 0 unspecified atom stereocenters. The monoisotopic (exact) mass is 432 g/mol. The van der Waals surface area contributed by atoms with E-state index in [2.05, 4.69) is 42.5 Å². The maximum Gasteiger partial charge on any atom is 0.337 e. The molecule has 21 heavy (non-hydrogen) atoms. The third-order valence-electron chi connectivity index (χ3n) is 2.51. The highest BCUT2D eigenvalue weighted by Gasteiger charge is 2.12. The molecule has 0 aliphatic rings. The fraction of sp³-hybridized carbons (Fsp3) is 0.0769. The molecule has 2 amide bonds. The van der Waals surface area contributed by atoms with Crippen molar-refractivity contribution in [2.75, 3.05) is 5.32 Å². The van der Waals surface area contributed by atoms with Crippen LogP contribution in [0.4, 0.5) is 10.5 Å². The molecule has 0 saturated carbocycles. The number of carboxylic acids is 1. The van der Waals surface area contributed by atoms with Crippen LogP contribution in [0.15, 0.2) is 38.6 Å². The third-order valence-corrected chi connectivity index (χ3v) is 4.70. The van der Waals surface area contributed by atoms with Gasteiger partial charge in [-0.1, -0.05) is 15.9 Å². The van der Waals surface area contributed by atoms with E-state index < -0.39 is 12.0 Å². The summed E-state index contributed by atoms with van der Waals surface area (Å²) in [5.74, 6) is -1.10. The maximum atomic E-state index is 11.8. The molecule has 5 nitrogen and oxygen atoms in total. The van der Waals surface area contributed by atoms with Crippen LogP contribution in [0.5, 0.6) is 0 Å². The number of urea groups is 1. The number of hydrogen-bond acceptors (Lipinski definition) is 3. The van der Waals surface area contributed by atoms with E-state index in [1.807, 2.05) is 11.4 Å². The van der Waals surface area contributed by atoms with Gasteiger partial charge in [0.2, 0.25) is 0 Å². The van der Waals surface area contributed by atoms with Crippen LogP contribution in [0.2, 0.25) is 0 Å². The Morgan fingerprint density at radius 1 is 1.19 bits per heavy atom. The van der Waals surface area contributed by atoms with E-state index in [1.165, 1.54) is 17.4 Å². The summed E-state index contributed by atoms with van der Waals surface area (Å²) in [6.45, 7) is 0.374. The molecule has 110 valence electrons. The maximum absolute atomic E-state index is 11.8. The topological polar surface area (TPSA) is 78.4 Å². The summed E-state index contributed by atoms with van der Waals surface area (Å²) < 4.78 is 1.65. The van der Waals surface area contributed by atoms with Gasteiger partial charge in [0.05, 0.1) is 17.8 Å². The van der Waals surface area contributed by atoms with Gasteiger partial charge >= 0.3 is 12.0 Å². The number of hydrogen-bond donors (Lipinski definition) is 3. The molecule has 0 spiro atoms. The summed E-state index contributed by atoms with van der Waals surface area (Å²) in [5.41, 5.74) is 0.272. The zero-order valence-corrected chi connectivity index (χ0v) is 14.5. The highest BCUT2D eigenvalue weighted by atomic mass is 79.9. The van der Waals surface area contributed by atoms with Crippen molar-refractivity contribution >= 4 is 60.9 Å². The minimum atomic E-state index is -1.10. The van der Waals surface area contributed by atoms with Crippen LogP contribution in [0, 0.1) is 0 Å². The summed E-state index contributed by atoms with van der Waals surface area (Å²) >= 11 is 8.10. The minimum absolute atomic E-state index is 0.0345. The van der Waals surface area contributed by atoms with Gasteiger partial charge in [-0.25, -0.2) is 9.59 Å². The van der Waals surface area contributed by atoms with Crippen molar-refractivity contribution in [2.45, 2.75) is 6.54 Å². The predicted molar refractivity (Wildman–Crippen MR) is 89.0 cm³/mol. The molecule has 0 bridgehead atoms. The average Bonchev–Trinajstić information content (AvgIpc) is 2.82. The highest BCUT2D eigenvalue weighted by molar-refractivity contribution is 9.10. The number of carboxylic acid groups (broad SMARTS) is 1. The number of halogens is 2. The lowest BCUT2D eigenvalue weighted by Gasteiger charge is -2.10. The molecule has 8 heteroatoms. The van der Waals surface area contributed by atoms with E-state index in [9.17, 15) is 9.59 Å². The van der Waals surface area contributed by atoms with Crippen LogP contribution < -0.4 is 10.6 Å². The zero-order chi connectivity index (χ0) is 15.4. The first-order valence-electron chi connectivity index (χ1n) is 5.76. The first kappa shape index (κ1) is 16.0. The lowest BCUT2D eigenvalue weighted by Crippen LogP contribution is -2.28. The van der Waals surface area contributed by atoms with E-state index in [0.29, 0.717) is 11.0 Å². The van der Waals surface area contributed by atoms with Gasteiger partial charge in [-0.2, -0.15) is 0 Å². The molecular weight excluding hydrogens is 424 g/mol. The van der Waals surface area contributed by atoms with Crippen molar-refractivity contribution in [3.63, 3.8) is 0 Å². The SMILES string of the molecule is O=C(NCc1cc(Br)cs1)Nc1cc(Br)ccc1C(=O)O. The Bertz CT molecular complexity index is 688. The molecule has 0 atom stereocenters. The van der Waals surface area contributed by atoms with Crippen LogP contribution in [-0.2, 0) is 6.54 Å². The zero-order valence-electron chi connectivity index (χ0n) is 10.5. The number of thiophene rings is 1. The fourth-order valence-electron chi connectivity index (χ4n) is 1.59. The number of amides is 2. The van der Waals surface area contributed by atoms with Crippen molar-refractivity contribution in [1.29, 1.82) is 0 Å². The Labute approximate surface area is 141 Å².